The van der Waals surface area contributed by atoms with Gasteiger partial charge in [0.1, 0.15) is 5.75 Å². The Bertz CT molecular complexity index is 1310. The maximum atomic E-state index is 6.23. The van der Waals surface area contributed by atoms with Crippen molar-refractivity contribution >= 4 is 25.3 Å². The molecular weight excluding hydrogens is 497 g/mol. The molecule has 1 unspecified atom stereocenters. The lowest BCUT2D eigenvalue weighted by Gasteiger charge is -2.36. The van der Waals surface area contributed by atoms with Crippen LogP contribution in [0, 0.1) is 20.8 Å². The van der Waals surface area contributed by atoms with Gasteiger partial charge in [0, 0.05) is 35.7 Å². The summed E-state index contributed by atoms with van der Waals surface area (Å²) in [6.07, 6.45) is 2.06. The predicted molar refractivity (Wildman–Crippen MR) is 169 cm³/mol. The lowest BCUT2D eigenvalue weighted by molar-refractivity contribution is 0.0494. The highest BCUT2D eigenvalue weighted by molar-refractivity contribution is 7.48. The number of anilines is 2. The number of benzene rings is 4. The first-order valence-electron chi connectivity index (χ1n) is 13.9. The van der Waals surface area contributed by atoms with Crippen LogP contribution in [0.4, 0.5) is 11.4 Å². The fourth-order valence-electron chi connectivity index (χ4n) is 5.49. The van der Waals surface area contributed by atoms with E-state index in [9.17, 15) is 0 Å². The highest BCUT2D eigenvalue weighted by Crippen LogP contribution is 2.52. The van der Waals surface area contributed by atoms with Crippen LogP contribution >= 0.6 is 8.58 Å². The van der Waals surface area contributed by atoms with Crippen LogP contribution in [-0.4, -0.2) is 13.9 Å². The molecule has 4 aromatic rings. The first kappa shape index (κ1) is 28.9. The van der Waals surface area contributed by atoms with E-state index in [0.717, 1.165) is 25.1 Å². The molecule has 4 heteroatoms. The van der Waals surface area contributed by atoms with Crippen molar-refractivity contribution in [3.05, 3.63) is 119 Å². The Morgan fingerprint density at radius 3 is 1.92 bits per heavy atom. The van der Waals surface area contributed by atoms with Crippen LogP contribution in [0.2, 0.25) is 0 Å². The van der Waals surface area contributed by atoms with Crippen molar-refractivity contribution in [2.75, 3.05) is 18.8 Å². The van der Waals surface area contributed by atoms with Gasteiger partial charge in [-0.3, -0.25) is 0 Å². The Morgan fingerprint density at radius 2 is 1.36 bits per heavy atom. The smallest absolute Gasteiger partial charge is 0.188 e. The Labute approximate surface area is 237 Å². The molecule has 4 rings (SSSR count). The first-order valence-corrected chi connectivity index (χ1v) is 14.9. The minimum atomic E-state index is -0.0367. The van der Waals surface area contributed by atoms with Gasteiger partial charge in [-0.25, -0.2) is 0 Å². The number of hydrogen-bond donors (Lipinski definition) is 0. The molecule has 0 aliphatic heterocycles. The van der Waals surface area contributed by atoms with Gasteiger partial charge in [-0.15, -0.1) is 0 Å². The minimum Gasteiger partial charge on any atom is -0.467 e. The predicted octanol–water partition coefficient (Wildman–Crippen LogP) is 8.95. The second-order valence-corrected chi connectivity index (χ2v) is 12.0. The molecule has 204 valence electrons. The van der Waals surface area contributed by atoms with Gasteiger partial charge in [-0.2, -0.15) is 0 Å². The van der Waals surface area contributed by atoms with E-state index in [1.807, 2.05) is 0 Å². The van der Waals surface area contributed by atoms with E-state index in [0.29, 0.717) is 8.58 Å². The Morgan fingerprint density at radius 1 is 0.744 bits per heavy atom. The average Bonchev–Trinajstić information content (AvgIpc) is 2.96. The summed E-state index contributed by atoms with van der Waals surface area (Å²) < 4.78 is 11.6. The van der Waals surface area contributed by atoms with Crippen molar-refractivity contribution in [1.82, 2.24) is 0 Å². The van der Waals surface area contributed by atoms with Crippen molar-refractivity contribution in [2.45, 2.75) is 59.2 Å². The number of nitrogens with zero attached hydrogens (tertiary/aromatic N) is 1. The number of ether oxygens (including phenoxy) is 2. The molecule has 0 amide bonds. The summed E-state index contributed by atoms with van der Waals surface area (Å²) in [5, 5.41) is 1.42. The summed E-state index contributed by atoms with van der Waals surface area (Å²) in [5.41, 5.74) is 8.85. The van der Waals surface area contributed by atoms with Gasteiger partial charge in [-0.05, 0) is 79.9 Å². The van der Waals surface area contributed by atoms with Crippen LogP contribution in [0.25, 0.3) is 0 Å². The standard InChI is InChI=1S/C35H42NO2P/c1-7-35(8-2,32-23-26(3)22-28(5)33(32)38-25-37-6)39-34-27(4)16-15-17-29(34)24-36(30-18-11-9-12-19-30)31-20-13-10-14-21-31/h9-23,39H,7-8,24-25H2,1-6H3. The molecule has 0 N–H and O–H groups in total. The molecule has 0 saturated carbocycles. The molecule has 3 nitrogen and oxygen atoms in total. The second kappa shape index (κ2) is 13.3. The maximum absolute atomic E-state index is 6.23. The summed E-state index contributed by atoms with van der Waals surface area (Å²) in [5.74, 6) is 0.976. The van der Waals surface area contributed by atoms with Crippen LogP contribution in [-0.2, 0) is 16.4 Å². The van der Waals surface area contributed by atoms with Crippen molar-refractivity contribution in [1.29, 1.82) is 0 Å². The third-order valence-corrected chi connectivity index (χ3v) is 10.1. The van der Waals surface area contributed by atoms with E-state index in [-0.39, 0.29) is 11.9 Å². The lowest BCUT2D eigenvalue weighted by atomic mass is 9.89. The van der Waals surface area contributed by atoms with E-state index in [4.69, 9.17) is 9.47 Å². The lowest BCUT2D eigenvalue weighted by Crippen LogP contribution is -2.27. The largest absolute Gasteiger partial charge is 0.467 e. The molecule has 0 radical (unpaired) electrons. The molecule has 0 aromatic heterocycles. The summed E-state index contributed by atoms with van der Waals surface area (Å²) in [6, 6.07) is 32.7. The molecule has 1 atom stereocenters. The molecule has 4 aromatic carbocycles. The van der Waals surface area contributed by atoms with Crippen LogP contribution in [0.3, 0.4) is 0 Å². The van der Waals surface area contributed by atoms with Crippen molar-refractivity contribution in [2.24, 2.45) is 0 Å². The normalized spacial score (nSPS) is 11.7. The molecule has 0 aliphatic rings. The number of methoxy groups -OCH3 is 1. The zero-order chi connectivity index (χ0) is 27.8. The number of rotatable bonds is 12. The van der Waals surface area contributed by atoms with Gasteiger partial charge in [0.25, 0.3) is 0 Å². The molecule has 0 heterocycles. The molecule has 0 saturated heterocycles. The maximum Gasteiger partial charge on any atom is 0.188 e. The summed E-state index contributed by atoms with van der Waals surface area (Å²) in [7, 11) is 2.29. The summed E-state index contributed by atoms with van der Waals surface area (Å²) in [6.45, 7) is 12.3. The molecule has 0 bridgehead atoms. The van der Waals surface area contributed by atoms with E-state index in [2.05, 4.69) is 131 Å². The minimum absolute atomic E-state index is 0.0367. The van der Waals surface area contributed by atoms with Crippen molar-refractivity contribution in [3.8, 4) is 5.75 Å². The van der Waals surface area contributed by atoms with Crippen molar-refractivity contribution < 1.29 is 9.47 Å². The van der Waals surface area contributed by atoms with Gasteiger partial charge in [0.15, 0.2) is 6.79 Å². The molecule has 0 fully saturated rings. The average molecular weight is 540 g/mol. The molecule has 0 spiro atoms. The van der Waals surface area contributed by atoms with E-state index < -0.39 is 0 Å². The van der Waals surface area contributed by atoms with Crippen LogP contribution in [0.15, 0.2) is 91.0 Å². The summed E-state index contributed by atoms with van der Waals surface area (Å²) in [4.78, 5) is 2.42. The van der Waals surface area contributed by atoms with Crippen molar-refractivity contribution in [3.63, 3.8) is 0 Å². The highest BCUT2D eigenvalue weighted by Gasteiger charge is 2.34. The zero-order valence-electron chi connectivity index (χ0n) is 24.3. The fraction of sp³-hybridized carbons (Fsp3) is 0.314. The monoisotopic (exact) mass is 539 g/mol. The zero-order valence-corrected chi connectivity index (χ0v) is 25.3. The SMILES string of the molecule is CCC(CC)(Pc1c(C)cccc1CN(c1ccccc1)c1ccccc1)c1cc(C)cc(C)c1OCOC. The van der Waals surface area contributed by atoms with Gasteiger partial charge in [-0.1, -0.05) is 94.7 Å². The second-order valence-electron chi connectivity index (χ2n) is 10.3. The number of para-hydroxylation sites is 2. The Balaban J connectivity index is 1.81. The topological polar surface area (TPSA) is 21.7 Å². The number of hydrogen-bond acceptors (Lipinski definition) is 3. The van der Waals surface area contributed by atoms with E-state index in [1.54, 1.807) is 7.11 Å². The van der Waals surface area contributed by atoms with Crippen LogP contribution in [0.5, 0.6) is 5.75 Å². The van der Waals surface area contributed by atoms with E-state index >= 15 is 0 Å². The Hall–Kier alpha value is -3.13. The quantitative estimate of drug-likeness (QED) is 0.132. The molecule has 39 heavy (non-hydrogen) atoms. The first-order chi connectivity index (χ1) is 18.9. The van der Waals surface area contributed by atoms with Gasteiger partial charge in [0.2, 0.25) is 0 Å². The van der Waals surface area contributed by atoms with Gasteiger partial charge in [0.05, 0.1) is 0 Å². The van der Waals surface area contributed by atoms with E-state index in [1.165, 1.54) is 44.5 Å². The Kier molecular flexibility index (Phi) is 9.83. The van der Waals surface area contributed by atoms with Gasteiger partial charge >= 0.3 is 0 Å². The van der Waals surface area contributed by atoms with Gasteiger partial charge < -0.3 is 14.4 Å². The third kappa shape index (κ3) is 6.55. The number of aryl methyl sites for hydroxylation is 3. The third-order valence-electron chi connectivity index (χ3n) is 7.65. The highest BCUT2D eigenvalue weighted by atomic mass is 31.1. The molecule has 0 aliphatic carbocycles. The van der Waals surface area contributed by atoms with Crippen LogP contribution in [0.1, 0.15) is 54.5 Å². The summed E-state index contributed by atoms with van der Waals surface area (Å²) >= 11 is 0. The van der Waals surface area contributed by atoms with Crippen LogP contribution < -0.4 is 14.9 Å². The fourth-order valence-corrected chi connectivity index (χ4v) is 7.25. The molecular formula is C35H42NO2P.